The van der Waals surface area contributed by atoms with E-state index in [9.17, 15) is 4.79 Å². The summed E-state index contributed by atoms with van der Waals surface area (Å²) < 4.78 is 5.42. The molecule has 5 nitrogen and oxygen atoms in total. The van der Waals surface area contributed by atoms with Crippen molar-refractivity contribution in [2.75, 3.05) is 31.9 Å². The van der Waals surface area contributed by atoms with E-state index < -0.39 is 0 Å². The number of aromatic nitrogens is 1. The molecule has 0 bridgehead atoms. The van der Waals surface area contributed by atoms with Gasteiger partial charge in [0.1, 0.15) is 10.7 Å². The second kappa shape index (κ2) is 8.94. The fourth-order valence-electron chi connectivity index (χ4n) is 3.32. The SMILES string of the molecule is CCSc1ccccc1C(=O)N1CCN(Cc2nc(-c3ccco3)cs2)CC1. The second-order valence-electron chi connectivity index (χ2n) is 6.60. The molecular weight excluding hydrogens is 390 g/mol. The molecule has 4 rings (SSSR count). The number of amides is 1. The van der Waals surface area contributed by atoms with E-state index in [0.29, 0.717) is 0 Å². The van der Waals surface area contributed by atoms with Gasteiger partial charge in [-0.3, -0.25) is 9.69 Å². The van der Waals surface area contributed by atoms with Crippen LogP contribution in [-0.2, 0) is 6.54 Å². The molecule has 3 heterocycles. The van der Waals surface area contributed by atoms with Crippen LogP contribution in [0, 0.1) is 0 Å². The second-order valence-corrected chi connectivity index (χ2v) is 8.85. The minimum atomic E-state index is 0.144. The van der Waals surface area contributed by atoms with Crippen LogP contribution in [0.4, 0.5) is 0 Å². The maximum absolute atomic E-state index is 13.0. The van der Waals surface area contributed by atoms with Crippen molar-refractivity contribution in [2.45, 2.75) is 18.4 Å². The summed E-state index contributed by atoms with van der Waals surface area (Å²) in [4.78, 5) is 23.1. The van der Waals surface area contributed by atoms with Crippen molar-refractivity contribution in [2.24, 2.45) is 0 Å². The molecule has 0 spiro atoms. The van der Waals surface area contributed by atoms with Crippen LogP contribution in [0.15, 0.2) is 57.4 Å². The normalized spacial score (nSPS) is 15.1. The number of nitrogens with zero attached hydrogens (tertiary/aromatic N) is 3. The van der Waals surface area contributed by atoms with Crippen LogP contribution < -0.4 is 0 Å². The Bertz CT molecular complexity index is 915. The van der Waals surface area contributed by atoms with Gasteiger partial charge in [-0.05, 0) is 30.0 Å². The Labute approximate surface area is 173 Å². The van der Waals surface area contributed by atoms with Crippen LogP contribution in [0.3, 0.4) is 0 Å². The molecule has 1 aliphatic heterocycles. The van der Waals surface area contributed by atoms with Crippen molar-refractivity contribution in [3.05, 3.63) is 58.6 Å². The third-order valence-corrected chi connectivity index (χ3v) is 6.55. The fraction of sp³-hybridized carbons (Fsp3) is 0.333. The minimum absolute atomic E-state index is 0.144. The predicted molar refractivity (Wildman–Crippen MR) is 114 cm³/mol. The van der Waals surface area contributed by atoms with Gasteiger partial charge >= 0.3 is 0 Å². The van der Waals surface area contributed by atoms with Crippen LogP contribution >= 0.6 is 23.1 Å². The summed E-state index contributed by atoms with van der Waals surface area (Å²) >= 11 is 3.38. The van der Waals surface area contributed by atoms with Crippen molar-refractivity contribution < 1.29 is 9.21 Å². The summed E-state index contributed by atoms with van der Waals surface area (Å²) in [6.07, 6.45) is 1.67. The summed E-state index contributed by atoms with van der Waals surface area (Å²) in [6.45, 7) is 6.16. The van der Waals surface area contributed by atoms with Gasteiger partial charge in [0, 0.05) is 36.5 Å². The van der Waals surface area contributed by atoms with E-state index in [1.807, 2.05) is 46.7 Å². The molecular formula is C21H23N3O2S2. The van der Waals surface area contributed by atoms with E-state index in [2.05, 4.69) is 16.8 Å². The lowest BCUT2D eigenvalue weighted by Crippen LogP contribution is -2.48. The first-order valence-corrected chi connectivity index (χ1v) is 11.3. The lowest BCUT2D eigenvalue weighted by atomic mass is 10.2. The van der Waals surface area contributed by atoms with Crippen molar-refractivity contribution in [1.29, 1.82) is 0 Å². The number of hydrogen-bond acceptors (Lipinski definition) is 6. The lowest BCUT2D eigenvalue weighted by molar-refractivity contribution is 0.0625. The highest BCUT2D eigenvalue weighted by atomic mass is 32.2. The van der Waals surface area contributed by atoms with Crippen LogP contribution in [-0.4, -0.2) is 52.6 Å². The predicted octanol–water partition coefficient (Wildman–Crippen LogP) is 4.47. The third kappa shape index (κ3) is 4.32. The molecule has 2 aromatic heterocycles. The summed E-state index contributed by atoms with van der Waals surface area (Å²) in [6, 6.07) is 11.7. The Morgan fingerprint density at radius 1 is 1.18 bits per heavy atom. The first-order chi connectivity index (χ1) is 13.7. The molecule has 0 N–H and O–H groups in total. The number of rotatable bonds is 6. The molecule has 1 aromatic carbocycles. The number of benzene rings is 1. The Balaban J connectivity index is 1.34. The molecule has 7 heteroatoms. The molecule has 1 aliphatic rings. The van der Waals surface area contributed by atoms with Gasteiger partial charge < -0.3 is 9.32 Å². The molecule has 3 aromatic rings. The Hall–Kier alpha value is -2.09. The number of carbonyl (C=O) groups is 1. The van der Waals surface area contributed by atoms with Gasteiger partial charge in [-0.25, -0.2) is 4.98 Å². The van der Waals surface area contributed by atoms with Crippen LogP contribution in [0.5, 0.6) is 0 Å². The number of furan rings is 1. The molecule has 0 unspecified atom stereocenters. The van der Waals surface area contributed by atoms with E-state index >= 15 is 0 Å². The van der Waals surface area contributed by atoms with Gasteiger partial charge in [-0.15, -0.1) is 23.1 Å². The average molecular weight is 414 g/mol. The molecule has 1 amide bonds. The standard InChI is InChI=1S/C21H23N3O2S2/c1-2-27-19-8-4-3-6-16(19)21(25)24-11-9-23(10-12-24)14-20-22-17(15-28-20)18-7-5-13-26-18/h3-8,13,15H,2,9-12,14H2,1H3. The summed E-state index contributed by atoms with van der Waals surface area (Å²) in [7, 11) is 0. The van der Waals surface area contributed by atoms with Gasteiger partial charge in [-0.2, -0.15) is 0 Å². The quantitative estimate of drug-likeness (QED) is 0.558. The van der Waals surface area contributed by atoms with Crippen LogP contribution in [0.1, 0.15) is 22.3 Å². The molecule has 0 atom stereocenters. The van der Waals surface area contributed by atoms with Crippen LogP contribution in [0.2, 0.25) is 0 Å². The van der Waals surface area contributed by atoms with E-state index in [1.165, 1.54) is 0 Å². The number of thioether (sulfide) groups is 1. The number of thiazole rings is 1. The van der Waals surface area contributed by atoms with Gasteiger partial charge in [0.25, 0.3) is 5.91 Å². The lowest BCUT2D eigenvalue weighted by Gasteiger charge is -2.34. The number of carbonyl (C=O) groups excluding carboxylic acids is 1. The maximum atomic E-state index is 13.0. The zero-order chi connectivity index (χ0) is 19.3. The van der Waals surface area contributed by atoms with E-state index in [4.69, 9.17) is 4.42 Å². The molecule has 1 saturated heterocycles. The summed E-state index contributed by atoms with van der Waals surface area (Å²) in [5.41, 5.74) is 1.72. The van der Waals surface area contributed by atoms with Crippen molar-refractivity contribution in [3.63, 3.8) is 0 Å². The first kappa shape index (κ1) is 19.2. The Kier molecular flexibility index (Phi) is 6.14. The van der Waals surface area contributed by atoms with Gasteiger partial charge in [0.2, 0.25) is 0 Å². The topological polar surface area (TPSA) is 49.6 Å². The highest BCUT2D eigenvalue weighted by molar-refractivity contribution is 7.99. The van der Waals surface area contributed by atoms with Crippen molar-refractivity contribution >= 4 is 29.0 Å². The minimum Gasteiger partial charge on any atom is -0.463 e. The Morgan fingerprint density at radius 3 is 2.75 bits per heavy atom. The molecule has 1 fully saturated rings. The van der Waals surface area contributed by atoms with E-state index in [-0.39, 0.29) is 5.91 Å². The van der Waals surface area contributed by atoms with Gasteiger partial charge in [0.15, 0.2) is 5.76 Å². The smallest absolute Gasteiger partial charge is 0.255 e. The molecule has 28 heavy (non-hydrogen) atoms. The largest absolute Gasteiger partial charge is 0.463 e. The fourth-order valence-corrected chi connectivity index (χ4v) is 4.94. The zero-order valence-corrected chi connectivity index (χ0v) is 17.5. The monoisotopic (exact) mass is 413 g/mol. The van der Waals surface area contributed by atoms with Crippen molar-refractivity contribution in [3.8, 4) is 11.5 Å². The first-order valence-electron chi connectivity index (χ1n) is 9.46. The van der Waals surface area contributed by atoms with E-state index in [0.717, 1.165) is 65.4 Å². The highest BCUT2D eigenvalue weighted by Gasteiger charge is 2.24. The molecule has 0 radical (unpaired) electrons. The maximum Gasteiger partial charge on any atom is 0.255 e. The van der Waals surface area contributed by atoms with E-state index in [1.54, 1.807) is 29.4 Å². The molecule has 0 aliphatic carbocycles. The average Bonchev–Trinajstić information content (AvgIpc) is 3.41. The Morgan fingerprint density at radius 2 is 2.00 bits per heavy atom. The zero-order valence-electron chi connectivity index (χ0n) is 15.8. The number of piperazine rings is 1. The highest BCUT2D eigenvalue weighted by Crippen LogP contribution is 2.25. The van der Waals surface area contributed by atoms with Crippen LogP contribution in [0.25, 0.3) is 11.5 Å². The van der Waals surface area contributed by atoms with Crippen molar-refractivity contribution in [1.82, 2.24) is 14.8 Å². The summed E-state index contributed by atoms with van der Waals surface area (Å²) in [5.74, 6) is 1.92. The molecule has 146 valence electrons. The third-order valence-electron chi connectivity index (χ3n) is 4.76. The molecule has 0 saturated carbocycles. The van der Waals surface area contributed by atoms with Gasteiger partial charge in [0.05, 0.1) is 18.4 Å². The summed E-state index contributed by atoms with van der Waals surface area (Å²) in [5, 5.41) is 3.12. The number of hydrogen-bond donors (Lipinski definition) is 0. The van der Waals surface area contributed by atoms with Gasteiger partial charge in [-0.1, -0.05) is 19.1 Å².